The second-order valence-electron chi connectivity index (χ2n) is 7.42. The minimum atomic E-state index is -0.210. The number of anilines is 2. The van der Waals surface area contributed by atoms with Crippen LogP contribution in [0.3, 0.4) is 0 Å². The zero-order valence-corrected chi connectivity index (χ0v) is 18.8. The van der Waals surface area contributed by atoms with Crippen molar-refractivity contribution in [3.05, 3.63) is 58.0 Å². The van der Waals surface area contributed by atoms with E-state index in [1.807, 2.05) is 24.3 Å². The maximum atomic E-state index is 11.1. The number of aromatic nitrogens is 2. The summed E-state index contributed by atoms with van der Waals surface area (Å²) in [5.41, 5.74) is 27.1. The van der Waals surface area contributed by atoms with Crippen molar-refractivity contribution in [2.75, 3.05) is 24.6 Å². The third kappa shape index (κ3) is 7.19. The van der Waals surface area contributed by atoms with Gasteiger partial charge in [0.15, 0.2) is 0 Å². The Morgan fingerprint density at radius 2 is 1.31 bits per heavy atom. The van der Waals surface area contributed by atoms with Crippen molar-refractivity contribution in [3.63, 3.8) is 0 Å². The fraction of sp³-hybridized carbons (Fsp3) is 0.348. The Hall–Kier alpha value is -3.75. The molecule has 2 aromatic carbocycles. The van der Waals surface area contributed by atoms with E-state index in [2.05, 4.69) is 33.8 Å². The van der Waals surface area contributed by atoms with Gasteiger partial charge in [-0.2, -0.15) is 0 Å². The van der Waals surface area contributed by atoms with E-state index in [0.29, 0.717) is 23.0 Å². The van der Waals surface area contributed by atoms with E-state index in [-0.39, 0.29) is 5.69 Å². The number of hydrogen-bond acceptors (Lipinski definition) is 5. The van der Waals surface area contributed by atoms with E-state index in [0.717, 1.165) is 60.9 Å². The summed E-state index contributed by atoms with van der Waals surface area (Å²) in [4.78, 5) is 25.0. The number of fused-ring (bicyclic) bond motifs is 1. The number of unbranched alkanes of at least 4 members (excludes halogenated alkanes) is 2. The number of nitrogen functional groups attached to an aromatic ring is 2. The Morgan fingerprint density at radius 3 is 1.88 bits per heavy atom. The zero-order chi connectivity index (χ0) is 23.5. The fourth-order valence-corrected chi connectivity index (χ4v) is 2.82. The smallest absolute Gasteiger partial charge is 0.323 e. The molecule has 0 saturated carbocycles. The molecule has 1 heterocycles. The lowest BCUT2D eigenvalue weighted by Gasteiger charge is -2.04. The average Bonchev–Trinajstić information content (AvgIpc) is 3.15. The molecule has 0 spiro atoms. The molecule has 1 aromatic heterocycles. The van der Waals surface area contributed by atoms with Crippen molar-refractivity contribution in [2.24, 2.45) is 21.5 Å². The van der Waals surface area contributed by atoms with Crippen LogP contribution in [0.15, 0.2) is 51.2 Å². The van der Waals surface area contributed by atoms with E-state index in [1.54, 1.807) is 12.1 Å². The van der Waals surface area contributed by atoms with Crippen molar-refractivity contribution >= 4 is 34.1 Å². The molecular formula is C23H34N8O. The first-order valence-electron chi connectivity index (χ1n) is 10.8. The third-order valence-corrected chi connectivity index (χ3v) is 4.78. The van der Waals surface area contributed by atoms with Crippen LogP contribution in [0.25, 0.3) is 11.0 Å². The van der Waals surface area contributed by atoms with Gasteiger partial charge in [0.05, 0.1) is 22.4 Å². The van der Waals surface area contributed by atoms with Gasteiger partial charge in [-0.15, -0.1) is 0 Å². The molecule has 0 atom stereocenters. The molecule has 0 aliphatic heterocycles. The van der Waals surface area contributed by atoms with E-state index >= 15 is 0 Å². The summed E-state index contributed by atoms with van der Waals surface area (Å²) in [6.07, 6.45) is 4.29. The summed E-state index contributed by atoms with van der Waals surface area (Å²) < 4.78 is 0. The van der Waals surface area contributed by atoms with Crippen molar-refractivity contribution in [1.29, 1.82) is 0 Å². The number of aromatic amines is 2. The highest BCUT2D eigenvalue weighted by molar-refractivity contribution is 6.00. The topological polar surface area (TPSA) is 177 Å². The van der Waals surface area contributed by atoms with Crippen LogP contribution in [0.2, 0.25) is 0 Å². The summed E-state index contributed by atoms with van der Waals surface area (Å²) in [6.45, 7) is 5.73. The Kier molecular flexibility index (Phi) is 9.34. The first-order valence-corrected chi connectivity index (χ1v) is 10.8. The number of amidine groups is 2. The number of nitrogens with two attached hydrogens (primary N) is 4. The Morgan fingerprint density at radius 1 is 0.781 bits per heavy atom. The Bertz CT molecular complexity index is 1130. The number of benzene rings is 2. The molecule has 0 radical (unpaired) electrons. The molecular weight excluding hydrogens is 404 g/mol. The second kappa shape index (κ2) is 12.2. The minimum Gasteiger partial charge on any atom is -0.397 e. The molecule has 0 aliphatic rings. The SMILES string of the molecule is CCCCN=C(N)c1ccc(N)c(N)c1.CCCCN=C(N)c1ccc2[nH]c(=O)[nH]c2c1. The van der Waals surface area contributed by atoms with Gasteiger partial charge in [0.1, 0.15) is 11.7 Å². The summed E-state index contributed by atoms with van der Waals surface area (Å²) in [5.74, 6) is 1.04. The summed E-state index contributed by atoms with van der Waals surface area (Å²) in [5, 5.41) is 0. The summed E-state index contributed by atoms with van der Waals surface area (Å²) in [6, 6.07) is 10.8. The lowest BCUT2D eigenvalue weighted by Crippen LogP contribution is -2.14. The van der Waals surface area contributed by atoms with Crippen LogP contribution < -0.4 is 28.6 Å². The van der Waals surface area contributed by atoms with E-state index in [1.165, 1.54) is 0 Å². The fourth-order valence-electron chi connectivity index (χ4n) is 2.82. The second-order valence-corrected chi connectivity index (χ2v) is 7.42. The standard InChI is InChI=1S/C12H16N4O.C11H18N4/c1-2-3-6-14-11(13)8-4-5-9-10(7-8)16-12(17)15-9;1-2-3-6-15-11(14)8-4-5-9(12)10(13)7-8/h4-5,7H,2-3,6H2,1H3,(H2,13,14)(H2,15,16,17);4-5,7H,2-3,6,12-13H2,1H3,(H2,14,15). The number of nitrogens with one attached hydrogen (secondary N) is 2. The van der Waals surface area contributed by atoms with Crippen molar-refractivity contribution < 1.29 is 0 Å². The van der Waals surface area contributed by atoms with Gasteiger partial charge < -0.3 is 32.9 Å². The first-order chi connectivity index (χ1) is 15.3. The Labute approximate surface area is 188 Å². The Balaban J connectivity index is 0.000000229. The predicted molar refractivity (Wildman–Crippen MR) is 135 cm³/mol. The molecule has 0 saturated heterocycles. The molecule has 0 aliphatic carbocycles. The molecule has 10 N–H and O–H groups in total. The van der Waals surface area contributed by atoms with Gasteiger partial charge in [0.2, 0.25) is 0 Å². The maximum absolute atomic E-state index is 11.1. The molecule has 3 aromatic rings. The van der Waals surface area contributed by atoms with Crippen LogP contribution in [-0.4, -0.2) is 34.7 Å². The molecule has 9 heteroatoms. The van der Waals surface area contributed by atoms with Crippen LogP contribution in [-0.2, 0) is 0 Å². The highest BCUT2D eigenvalue weighted by Gasteiger charge is 2.03. The molecule has 172 valence electrons. The molecule has 9 nitrogen and oxygen atoms in total. The van der Waals surface area contributed by atoms with Gasteiger partial charge in [-0.25, -0.2) is 4.79 Å². The van der Waals surface area contributed by atoms with Crippen LogP contribution in [0.4, 0.5) is 11.4 Å². The quantitative estimate of drug-likeness (QED) is 0.137. The van der Waals surface area contributed by atoms with E-state index in [9.17, 15) is 4.79 Å². The van der Waals surface area contributed by atoms with E-state index in [4.69, 9.17) is 22.9 Å². The molecule has 0 bridgehead atoms. The van der Waals surface area contributed by atoms with Gasteiger partial charge in [0.25, 0.3) is 0 Å². The largest absolute Gasteiger partial charge is 0.397 e. The summed E-state index contributed by atoms with van der Waals surface area (Å²) in [7, 11) is 0. The van der Waals surface area contributed by atoms with Gasteiger partial charge in [0, 0.05) is 24.2 Å². The number of rotatable bonds is 8. The third-order valence-electron chi connectivity index (χ3n) is 4.78. The predicted octanol–water partition coefficient (Wildman–Crippen LogP) is 2.72. The van der Waals surface area contributed by atoms with Gasteiger partial charge in [-0.1, -0.05) is 26.7 Å². The summed E-state index contributed by atoms with van der Waals surface area (Å²) >= 11 is 0. The van der Waals surface area contributed by atoms with Crippen molar-refractivity contribution in [2.45, 2.75) is 39.5 Å². The van der Waals surface area contributed by atoms with Crippen LogP contribution in [0.5, 0.6) is 0 Å². The van der Waals surface area contributed by atoms with Gasteiger partial charge in [-0.05, 0) is 49.2 Å². The first kappa shape index (κ1) is 24.5. The average molecular weight is 439 g/mol. The number of hydrogen-bond donors (Lipinski definition) is 6. The molecule has 0 unspecified atom stereocenters. The lowest BCUT2D eigenvalue weighted by molar-refractivity contribution is 0.807. The normalized spacial score (nSPS) is 11.9. The van der Waals surface area contributed by atoms with Crippen molar-refractivity contribution in [3.8, 4) is 0 Å². The molecule has 0 amide bonds. The number of nitrogens with zero attached hydrogens (tertiary/aromatic N) is 2. The molecule has 3 rings (SSSR count). The van der Waals surface area contributed by atoms with Crippen LogP contribution in [0, 0.1) is 0 Å². The monoisotopic (exact) mass is 438 g/mol. The molecule has 32 heavy (non-hydrogen) atoms. The minimum absolute atomic E-state index is 0.210. The highest BCUT2D eigenvalue weighted by atomic mass is 16.1. The highest BCUT2D eigenvalue weighted by Crippen LogP contribution is 2.15. The number of H-pyrrole nitrogens is 2. The molecule has 0 fully saturated rings. The lowest BCUT2D eigenvalue weighted by atomic mass is 10.1. The number of imidazole rings is 1. The van der Waals surface area contributed by atoms with Gasteiger partial charge >= 0.3 is 5.69 Å². The van der Waals surface area contributed by atoms with Crippen LogP contribution >= 0.6 is 0 Å². The number of aliphatic imine (C=N–C) groups is 2. The van der Waals surface area contributed by atoms with Crippen LogP contribution in [0.1, 0.15) is 50.7 Å². The van der Waals surface area contributed by atoms with E-state index < -0.39 is 0 Å². The van der Waals surface area contributed by atoms with Gasteiger partial charge in [-0.3, -0.25) is 9.98 Å². The van der Waals surface area contributed by atoms with Crippen molar-refractivity contribution in [1.82, 2.24) is 9.97 Å². The maximum Gasteiger partial charge on any atom is 0.323 e. The zero-order valence-electron chi connectivity index (χ0n) is 18.8.